The molecule has 0 aromatic heterocycles. The van der Waals surface area contributed by atoms with E-state index in [0.29, 0.717) is 17.9 Å². The number of rotatable bonds is 6. The smallest absolute Gasteiger partial charge is 0.265 e. The summed E-state index contributed by atoms with van der Waals surface area (Å²) in [6.07, 6.45) is 5.61. The first kappa shape index (κ1) is 19.0. The number of amides is 2. The minimum Gasteiger partial charge on any atom is -0.497 e. The molecule has 150 valence electrons. The highest BCUT2D eigenvalue weighted by Gasteiger charge is 2.41. The van der Waals surface area contributed by atoms with Gasteiger partial charge >= 0.3 is 0 Å². The van der Waals surface area contributed by atoms with Crippen molar-refractivity contribution in [3.63, 3.8) is 0 Å². The van der Waals surface area contributed by atoms with E-state index in [1.807, 2.05) is 4.90 Å². The fourth-order valence-corrected chi connectivity index (χ4v) is 4.26. The van der Waals surface area contributed by atoms with Crippen LogP contribution in [0.15, 0.2) is 35.4 Å². The van der Waals surface area contributed by atoms with Crippen molar-refractivity contribution < 1.29 is 19.1 Å². The summed E-state index contributed by atoms with van der Waals surface area (Å²) in [5.74, 6) is 0.545. The second kappa shape index (κ2) is 8.32. The lowest BCUT2D eigenvalue weighted by Gasteiger charge is -2.30. The van der Waals surface area contributed by atoms with Gasteiger partial charge in [0.25, 0.3) is 11.8 Å². The number of nitrogens with zero attached hydrogens (tertiary/aromatic N) is 1. The van der Waals surface area contributed by atoms with E-state index in [1.54, 1.807) is 31.4 Å². The molecule has 3 aliphatic rings. The number of hydrazine groups is 1. The molecule has 0 radical (unpaired) electrons. The van der Waals surface area contributed by atoms with Crippen LogP contribution in [-0.2, 0) is 9.53 Å². The van der Waals surface area contributed by atoms with E-state index in [4.69, 9.17) is 9.47 Å². The minimum absolute atomic E-state index is 0.0758. The molecule has 28 heavy (non-hydrogen) atoms. The molecule has 0 saturated carbocycles. The Kier molecular flexibility index (Phi) is 5.64. The maximum atomic E-state index is 13.0. The Morgan fingerprint density at radius 1 is 1.21 bits per heavy atom. The summed E-state index contributed by atoms with van der Waals surface area (Å²) in [6.45, 7) is 1.31. The number of hydrogen-bond donors (Lipinski definition) is 2. The van der Waals surface area contributed by atoms with Crippen LogP contribution >= 0.6 is 0 Å². The quantitative estimate of drug-likeness (QED) is 0.734. The lowest BCUT2D eigenvalue weighted by atomic mass is 9.92. The number of benzene rings is 1. The van der Waals surface area contributed by atoms with Crippen LogP contribution in [0.1, 0.15) is 48.9 Å². The van der Waals surface area contributed by atoms with Crippen molar-refractivity contribution in [2.45, 2.75) is 50.8 Å². The fraction of sp³-hybridized carbons (Fsp3) is 0.524. The number of hydrogen-bond acceptors (Lipinski definition) is 5. The SMILES string of the molecule is COc1ccc(C(=O)NN[C@@H]2C3=C(CCCC3)C(=O)N2C[C@H]2CCCO2)cc1. The molecular formula is C21H27N3O4. The van der Waals surface area contributed by atoms with Gasteiger partial charge in [0, 0.05) is 24.3 Å². The molecule has 1 fully saturated rings. The molecule has 1 aromatic rings. The van der Waals surface area contributed by atoms with Crippen molar-refractivity contribution >= 4 is 11.8 Å². The van der Waals surface area contributed by atoms with Gasteiger partial charge in [-0.05, 0) is 68.4 Å². The van der Waals surface area contributed by atoms with E-state index >= 15 is 0 Å². The topological polar surface area (TPSA) is 79.9 Å². The Hall–Kier alpha value is -2.38. The average molecular weight is 385 g/mol. The molecule has 1 aliphatic carbocycles. The van der Waals surface area contributed by atoms with Gasteiger partial charge in [0.05, 0.1) is 13.2 Å². The molecule has 2 amide bonds. The normalized spacial score (nSPS) is 24.5. The van der Waals surface area contributed by atoms with E-state index in [-0.39, 0.29) is 24.1 Å². The average Bonchev–Trinajstić information content (AvgIpc) is 3.34. The molecule has 2 heterocycles. The fourth-order valence-electron chi connectivity index (χ4n) is 4.26. The van der Waals surface area contributed by atoms with Gasteiger partial charge in [-0.2, -0.15) is 0 Å². The molecule has 0 unspecified atom stereocenters. The van der Waals surface area contributed by atoms with Crippen LogP contribution in [0.2, 0.25) is 0 Å². The molecule has 7 heteroatoms. The third kappa shape index (κ3) is 3.77. The molecule has 4 rings (SSSR count). The van der Waals surface area contributed by atoms with Crippen LogP contribution in [-0.4, -0.2) is 49.2 Å². The lowest BCUT2D eigenvalue weighted by molar-refractivity contribution is -0.129. The Morgan fingerprint density at radius 3 is 2.71 bits per heavy atom. The Balaban J connectivity index is 1.46. The van der Waals surface area contributed by atoms with Crippen LogP contribution in [0.25, 0.3) is 0 Å². The lowest BCUT2D eigenvalue weighted by Crippen LogP contribution is -2.54. The largest absolute Gasteiger partial charge is 0.497 e. The number of methoxy groups -OCH3 is 1. The first-order chi connectivity index (χ1) is 13.7. The Morgan fingerprint density at radius 2 is 2.00 bits per heavy atom. The van der Waals surface area contributed by atoms with Crippen LogP contribution in [0.5, 0.6) is 5.75 Å². The second-order valence-corrected chi connectivity index (χ2v) is 7.53. The highest BCUT2D eigenvalue weighted by Crippen LogP contribution is 2.36. The van der Waals surface area contributed by atoms with E-state index in [2.05, 4.69) is 10.9 Å². The van der Waals surface area contributed by atoms with Gasteiger partial charge < -0.3 is 14.4 Å². The molecule has 7 nitrogen and oxygen atoms in total. The number of carbonyl (C=O) groups excluding carboxylic acids is 2. The Bertz CT molecular complexity index is 768. The van der Waals surface area contributed by atoms with Crippen molar-refractivity contribution in [2.24, 2.45) is 0 Å². The van der Waals surface area contributed by atoms with Crippen LogP contribution < -0.4 is 15.6 Å². The summed E-state index contributed by atoms with van der Waals surface area (Å²) >= 11 is 0. The summed E-state index contributed by atoms with van der Waals surface area (Å²) in [5, 5.41) is 0. The molecule has 2 N–H and O–H groups in total. The van der Waals surface area contributed by atoms with E-state index in [1.165, 1.54) is 0 Å². The van der Waals surface area contributed by atoms with Crippen molar-refractivity contribution in [1.82, 2.24) is 15.8 Å². The zero-order valence-electron chi connectivity index (χ0n) is 16.2. The van der Waals surface area contributed by atoms with Crippen LogP contribution in [0.4, 0.5) is 0 Å². The molecule has 1 aromatic carbocycles. The maximum absolute atomic E-state index is 13.0. The van der Waals surface area contributed by atoms with Crippen molar-refractivity contribution in [3.05, 3.63) is 41.0 Å². The summed E-state index contributed by atoms with van der Waals surface area (Å²) < 4.78 is 10.9. The standard InChI is InChI=1S/C21H27N3O4/c1-27-15-10-8-14(9-11-15)20(25)23-22-19-17-6-2-3-7-18(17)21(26)24(19)13-16-5-4-12-28-16/h8-11,16,19,22H,2-7,12-13H2,1H3,(H,23,25)/t16-,19+/m1/s1. The summed E-state index contributed by atoms with van der Waals surface area (Å²) in [5.41, 5.74) is 8.47. The summed E-state index contributed by atoms with van der Waals surface area (Å²) in [7, 11) is 1.59. The number of carbonyl (C=O) groups is 2. The van der Waals surface area contributed by atoms with Crippen LogP contribution in [0, 0.1) is 0 Å². The Labute approximate surface area is 165 Å². The van der Waals surface area contributed by atoms with Gasteiger partial charge in [0.1, 0.15) is 11.9 Å². The molecule has 0 spiro atoms. The van der Waals surface area contributed by atoms with E-state index < -0.39 is 0 Å². The van der Waals surface area contributed by atoms with Crippen molar-refractivity contribution in [2.75, 3.05) is 20.3 Å². The highest BCUT2D eigenvalue weighted by atomic mass is 16.5. The first-order valence-electron chi connectivity index (χ1n) is 10.0. The summed E-state index contributed by atoms with van der Waals surface area (Å²) in [4.78, 5) is 27.3. The predicted molar refractivity (Wildman–Crippen MR) is 104 cm³/mol. The maximum Gasteiger partial charge on any atom is 0.265 e. The molecule has 2 aliphatic heterocycles. The van der Waals surface area contributed by atoms with Gasteiger partial charge in [0.2, 0.25) is 0 Å². The van der Waals surface area contributed by atoms with Crippen LogP contribution in [0.3, 0.4) is 0 Å². The van der Waals surface area contributed by atoms with Crippen molar-refractivity contribution in [3.8, 4) is 5.75 Å². The predicted octanol–water partition coefficient (Wildman–Crippen LogP) is 2.15. The third-order valence-electron chi connectivity index (χ3n) is 5.77. The summed E-state index contributed by atoms with van der Waals surface area (Å²) in [6, 6.07) is 6.93. The van der Waals surface area contributed by atoms with Crippen molar-refractivity contribution in [1.29, 1.82) is 0 Å². The van der Waals surface area contributed by atoms with E-state index in [0.717, 1.165) is 56.3 Å². The van der Waals surface area contributed by atoms with Gasteiger partial charge in [-0.15, -0.1) is 0 Å². The zero-order chi connectivity index (χ0) is 19.5. The van der Waals surface area contributed by atoms with Gasteiger partial charge in [0.15, 0.2) is 0 Å². The molecule has 2 atom stereocenters. The number of ether oxygens (including phenoxy) is 2. The molecule has 0 bridgehead atoms. The molecular weight excluding hydrogens is 358 g/mol. The third-order valence-corrected chi connectivity index (χ3v) is 5.77. The number of nitrogens with one attached hydrogen (secondary N) is 2. The van der Waals surface area contributed by atoms with E-state index in [9.17, 15) is 9.59 Å². The van der Waals surface area contributed by atoms with Gasteiger partial charge in [-0.25, -0.2) is 5.43 Å². The monoisotopic (exact) mass is 385 g/mol. The minimum atomic E-state index is -0.297. The molecule has 1 saturated heterocycles. The zero-order valence-corrected chi connectivity index (χ0v) is 16.2. The second-order valence-electron chi connectivity index (χ2n) is 7.53. The van der Waals surface area contributed by atoms with Gasteiger partial charge in [-0.1, -0.05) is 0 Å². The highest BCUT2D eigenvalue weighted by molar-refractivity contribution is 5.98. The first-order valence-corrected chi connectivity index (χ1v) is 10.0. The van der Waals surface area contributed by atoms with Gasteiger partial charge in [-0.3, -0.25) is 15.0 Å².